The number of hydrogen-bond acceptors (Lipinski definition) is 4. The predicted molar refractivity (Wildman–Crippen MR) is 143 cm³/mol. The van der Waals surface area contributed by atoms with Crippen LogP contribution >= 0.6 is 0 Å². The first-order valence-electron chi connectivity index (χ1n) is 12.1. The molecule has 0 bridgehead atoms. The number of para-hydroxylation sites is 1. The Kier molecular flexibility index (Phi) is 7.25. The van der Waals surface area contributed by atoms with E-state index in [9.17, 15) is 9.59 Å². The molecule has 3 aromatic carbocycles. The van der Waals surface area contributed by atoms with Gasteiger partial charge in [0.2, 0.25) is 0 Å². The van der Waals surface area contributed by atoms with Gasteiger partial charge in [-0.15, -0.1) is 0 Å². The van der Waals surface area contributed by atoms with Crippen molar-refractivity contribution in [2.24, 2.45) is 0 Å². The Morgan fingerprint density at radius 1 is 0.750 bits per heavy atom. The number of nitrogens with zero attached hydrogens (tertiary/aromatic N) is 2. The van der Waals surface area contributed by atoms with Gasteiger partial charge in [0, 0.05) is 65.9 Å². The molecule has 1 aromatic heterocycles. The Hall–Kier alpha value is -4.14. The fourth-order valence-corrected chi connectivity index (χ4v) is 4.27. The molecule has 36 heavy (non-hydrogen) atoms. The van der Waals surface area contributed by atoms with Gasteiger partial charge in [-0.2, -0.15) is 0 Å². The summed E-state index contributed by atoms with van der Waals surface area (Å²) >= 11 is 0. The third-order valence-electron chi connectivity index (χ3n) is 6.23. The van der Waals surface area contributed by atoms with Gasteiger partial charge in [-0.1, -0.05) is 18.2 Å². The number of carbonyl (C=O) groups is 2. The van der Waals surface area contributed by atoms with Gasteiger partial charge in [-0.05, 0) is 60.7 Å². The standard InChI is InChI=1S/C28H29N5O3/c34-27(21-6-8-24(9-7-21)31-28(35)30-23-4-2-1-3-5-23)29-25-10-11-26-22(20-25)12-13-33(26)15-14-32-16-18-36-19-17-32/h1-13,20H,14-19H2,(H,29,34)(H2,30,31,35). The van der Waals surface area contributed by atoms with Crippen molar-refractivity contribution >= 4 is 39.9 Å². The summed E-state index contributed by atoms with van der Waals surface area (Å²) in [6, 6.07) is 23.7. The van der Waals surface area contributed by atoms with Crippen molar-refractivity contribution in [2.75, 3.05) is 48.8 Å². The lowest BCUT2D eigenvalue weighted by Crippen LogP contribution is -2.38. The number of fused-ring (bicyclic) bond motifs is 1. The average Bonchev–Trinajstić information content (AvgIpc) is 3.31. The van der Waals surface area contributed by atoms with Crippen molar-refractivity contribution in [1.29, 1.82) is 0 Å². The van der Waals surface area contributed by atoms with E-state index in [-0.39, 0.29) is 11.9 Å². The summed E-state index contributed by atoms with van der Waals surface area (Å²) in [4.78, 5) is 27.4. The molecule has 8 heteroatoms. The van der Waals surface area contributed by atoms with E-state index in [2.05, 4.69) is 37.7 Å². The highest BCUT2D eigenvalue weighted by atomic mass is 16.5. The van der Waals surface area contributed by atoms with Gasteiger partial charge >= 0.3 is 6.03 Å². The highest BCUT2D eigenvalue weighted by Gasteiger charge is 2.12. The van der Waals surface area contributed by atoms with E-state index < -0.39 is 0 Å². The topological polar surface area (TPSA) is 87.6 Å². The molecule has 4 aromatic rings. The molecule has 3 N–H and O–H groups in total. The minimum Gasteiger partial charge on any atom is -0.379 e. The third-order valence-corrected chi connectivity index (χ3v) is 6.23. The van der Waals surface area contributed by atoms with Crippen LogP contribution in [0.5, 0.6) is 0 Å². The van der Waals surface area contributed by atoms with Gasteiger partial charge in [0.15, 0.2) is 0 Å². The summed E-state index contributed by atoms with van der Waals surface area (Å²) in [5.41, 5.74) is 3.69. The van der Waals surface area contributed by atoms with Crippen molar-refractivity contribution in [3.05, 3.63) is 90.6 Å². The minimum atomic E-state index is -0.344. The first kappa shape index (κ1) is 23.6. The maximum Gasteiger partial charge on any atom is 0.323 e. The molecule has 8 nitrogen and oxygen atoms in total. The molecule has 1 saturated heterocycles. The molecule has 1 aliphatic rings. The normalized spacial score (nSPS) is 13.9. The third kappa shape index (κ3) is 5.91. The summed E-state index contributed by atoms with van der Waals surface area (Å²) in [6.07, 6.45) is 2.09. The average molecular weight is 484 g/mol. The highest BCUT2D eigenvalue weighted by Crippen LogP contribution is 2.22. The molecule has 5 rings (SSSR count). The molecule has 0 unspecified atom stereocenters. The fraction of sp³-hybridized carbons (Fsp3) is 0.214. The number of urea groups is 1. The minimum absolute atomic E-state index is 0.207. The Morgan fingerprint density at radius 3 is 2.19 bits per heavy atom. The molecule has 0 spiro atoms. The van der Waals surface area contributed by atoms with Crippen LogP contribution in [-0.2, 0) is 11.3 Å². The maximum atomic E-state index is 12.8. The second-order valence-corrected chi connectivity index (χ2v) is 8.71. The van der Waals surface area contributed by atoms with Crippen LogP contribution in [0.2, 0.25) is 0 Å². The van der Waals surface area contributed by atoms with Gasteiger partial charge in [-0.25, -0.2) is 4.79 Å². The number of rotatable bonds is 7. The number of ether oxygens (including phenoxy) is 1. The van der Waals surface area contributed by atoms with E-state index >= 15 is 0 Å². The molecule has 2 heterocycles. The molecule has 184 valence electrons. The van der Waals surface area contributed by atoms with E-state index in [1.54, 1.807) is 24.3 Å². The van der Waals surface area contributed by atoms with Crippen molar-refractivity contribution in [1.82, 2.24) is 9.47 Å². The number of benzene rings is 3. The first-order chi connectivity index (χ1) is 17.6. The zero-order chi connectivity index (χ0) is 24.7. The second-order valence-electron chi connectivity index (χ2n) is 8.71. The lowest BCUT2D eigenvalue weighted by Gasteiger charge is -2.26. The first-order valence-corrected chi connectivity index (χ1v) is 12.1. The molecule has 1 fully saturated rings. The largest absolute Gasteiger partial charge is 0.379 e. The van der Waals surface area contributed by atoms with Crippen LogP contribution in [0.15, 0.2) is 85.1 Å². The van der Waals surface area contributed by atoms with E-state index in [0.717, 1.165) is 56.0 Å². The Labute approximate surface area is 209 Å². The van der Waals surface area contributed by atoms with E-state index in [1.807, 2.05) is 48.5 Å². The summed E-state index contributed by atoms with van der Waals surface area (Å²) in [5.74, 6) is -0.207. The van der Waals surface area contributed by atoms with Gasteiger partial charge < -0.3 is 25.3 Å². The van der Waals surface area contributed by atoms with Crippen LogP contribution in [0.4, 0.5) is 21.9 Å². The fourth-order valence-electron chi connectivity index (χ4n) is 4.27. The van der Waals surface area contributed by atoms with Crippen LogP contribution < -0.4 is 16.0 Å². The van der Waals surface area contributed by atoms with E-state index in [4.69, 9.17) is 4.74 Å². The number of morpholine rings is 1. The van der Waals surface area contributed by atoms with Gasteiger partial charge in [0.05, 0.1) is 13.2 Å². The van der Waals surface area contributed by atoms with Crippen molar-refractivity contribution in [3.63, 3.8) is 0 Å². The summed E-state index contributed by atoms with van der Waals surface area (Å²) in [7, 11) is 0. The Bertz CT molecular complexity index is 1330. The summed E-state index contributed by atoms with van der Waals surface area (Å²) < 4.78 is 7.67. The molecule has 3 amide bonds. The van der Waals surface area contributed by atoms with Gasteiger partial charge in [0.1, 0.15) is 0 Å². The van der Waals surface area contributed by atoms with Gasteiger partial charge in [-0.3, -0.25) is 9.69 Å². The molecule has 0 atom stereocenters. The lowest BCUT2D eigenvalue weighted by molar-refractivity contribution is 0.0365. The number of hydrogen-bond donors (Lipinski definition) is 3. The maximum absolute atomic E-state index is 12.8. The molecule has 0 saturated carbocycles. The highest BCUT2D eigenvalue weighted by molar-refractivity contribution is 6.06. The molecular weight excluding hydrogens is 454 g/mol. The molecular formula is C28H29N5O3. The zero-order valence-electron chi connectivity index (χ0n) is 19.9. The van der Waals surface area contributed by atoms with Crippen molar-refractivity contribution in [3.8, 4) is 0 Å². The molecule has 1 aliphatic heterocycles. The summed E-state index contributed by atoms with van der Waals surface area (Å²) in [6.45, 7) is 5.47. The Morgan fingerprint density at radius 2 is 1.44 bits per heavy atom. The van der Waals surface area contributed by atoms with E-state index in [1.165, 1.54) is 0 Å². The summed E-state index contributed by atoms with van der Waals surface area (Å²) in [5, 5.41) is 9.58. The van der Waals surface area contributed by atoms with Crippen LogP contribution in [0.1, 0.15) is 10.4 Å². The monoisotopic (exact) mass is 483 g/mol. The molecule has 0 radical (unpaired) electrons. The number of nitrogens with one attached hydrogen (secondary N) is 3. The number of aromatic nitrogens is 1. The van der Waals surface area contributed by atoms with Crippen LogP contribution in [-0.4, -0.2) is 54.3 Å². The quantitative estimate of drug-likeness (QED) is 0.350. The number of anilines is 3. The zero-order valence-corrected chi connectivity index (χ0v) is 19.9. The van der Waals surface area contributed by atoms with Crippen molar-refractivity contribution < 1.29 is 14.3 Å². The van der Waals surface area contributed by atoms with Crippen LogP contribution in [0.25, 0.3) is 10.9 Å². The van der Waals surface area contributed by atoms with Crippen LogP contribution in [0, 0.1) is 0 Å². The van der Waals surface area contributed by atoms with E-state index in [0.29, 0.717) is 16.9 Å². The van der Waals surface area contributed by atoms with Crippen molar-refractivity contribution in [2.45, 2.75) is 6.54 Å². The van der Waals surface area contributed by atoms with Gasteiger partial charge in [0.25, 0.3) is 5.91 Å². The Balaban J connectivity index is 1.16. The smallest absolute Gasteiger partial charge is 0.323 e. The second kappa shape index (κ2) is 11.1. The SMILES string of the molecule is O=C(Nc1ccccc1)Nc1ccc(C(=O)Nc2ccc3c(ccn3CCN3CCOCC3)c2)cc1. The number of amides is 3. The van der Waals surface area contributed by atoms with Crippen LogP contribution in [0.3, 0.4) is 0 Å². The predicted octanol–water partition coefficient (Wildman–Crippen LogP) is 4.87. The molecule has 0 aliphatic carbocycles. The number of carbonyl (C=O) groups excluding carboxylic acids is 2. The lowest BCUT2D eigenvalue weighted by atomic mass is 10.1.